The standard InChI is InChI=1S/C22H26N6O/c1-4-5-21(29)20-9-19(26-22(23)27-20)16-6-7-18-17(16)8-14(10-24-18)15-11-25-28(12-15)13(2)3/h6,8-13,21,29H,4-5,7H2,1-3H3,(H2,23,26,27)/t21-/m0/s1. The Hall–Kier alpha value is -3.06. The molecule has 0 aromatic carbocycles. The van der Waals surface area contributed by atoms with Gasteiger partial charge in [0.2, 0.25) is 5.95 Å². The van der Waals surface area contributed by atoms with Gasteiger partial charge in [-0.3, -0.25) is 9.67 Å². The summed E-state index contributed by atoms with van der Waals surface area (Å²) in [4.78, 5) is 13.3. The van der Waals surface area contributed by atoms with Gasteiger partial charge in [0.1, 0.15) is 0 Å². The summed E-state index contributed by atoms with van der Waals surface area (Å²) in [6, 6.07) is 4.27. The highest BCUT2D eigenvalue weighted by molar-refractivity contribution is 5.84. The summed E-state index contributed by atoms with van der Waals surface area (Å²) in [5.41, 5.74) is 12.3. The fourth-order valence-corrected chi connectivity index (χ4v) is 3.58. The van der Waals surface area contributed by atoms with Gasteiger partial charge in [-0.15, -0.1) is 0 Å². The van der Waals surface area contributed by atoms with E-state index in [0.29, 0.717) is 18.2 Å². The lowest BCUT2D eigenvalue weighted by atomic mass is 10.0. The minimum absolute atomic E-state index is 0.171. The van der Waals surface area contributed by atoms with E-state index >= 15 is 0 Å². The monoisotopic (exact) mass is 390 g/mol. The van der Waals surface area contributed by atoms with Crippen LogP contribution in [0.3, 0.4) is 0 Å². The molecule has 0 bridgehead atoms. The number of nitrogens with two attached hydrogens (primary N) is 1. The molecule has 29 heavy (non-hydrogen) atoms. The van der Waals surface area contributed by atoms with Crippen molar-refractivity contribution in [2.45, 2.75) is 52.2 Å². The first kappa shape index (κ1) is 19.3. The highest BCUT2D eigenvalue weighted by atomic mass is 16.3. The van der Waals surface area contributed by atoms with Crippen LogP contribution in [0.5, 0.6) is 0 Å². The summed E-state index contributed by atoms with van der Waals surface area (Å²) in [6.45, 7) is 6.23. The summed E-state index contributed by atoms with van der Waals surface area (Å²) in [6.07, 6.45) is 9.50. The topological polar surface area (TPSA) is 103 Å². The lowest BCUT2D eigenvalue weighted by Gasteiger charge is -2.12. The van der Waals surface area contributed by atoms with Crippen LogP contribution in [0.4, 0.5) is 5.95 Å². The smallest absolute Gasteiger partial charge is 0.220 e. The molecule has 0 spiro atoms. The molecule has 0 radical (unpaired) electrons. The van der Waals surface area contributed by atoms with Crippen molar-refractivity contribution in [2.75, 3.05) is 5.73 Å². The average molecular weight is 390 g/mol. The summed E-state index contributed by atoms with van der Waals surface area (Å²) in [5, 5.41) is 14.8. The molecule has 3 heterocycles. The molecule has 3 N–H and O–H groups in total. The zero-order valence-electron chi connectivity index (χ0n) is 17.0. The van der Waals surface area contributed by atoms with E-state index in [1.165, 1.54) is 0 Å². The molecule has 3 aromatic rings. The Morgan fingerprint density at radius 2 is 2.00 bits per heavy atom. The lowest BCUT2D eigenvalue weighted by Crippen LogP contribution is -2.07. The fourth-order valence-electron chi connectivity index (χ4n) is 3.58. The number of nitrogen functional groups attached to an aromatic ring is 1. The first-order valence-corrected chi connectivity index (χ1v) is 10.0. The predicted octanol–water partition coefficient (Wildman–Crippen LogP) is 3.72. The van der Waals surface area contributed by atoms with Crippen LogP contribution in [0.2, 0.25) is 0 Å². The van der Waals surface area contributed by atoms with Crippen molar-refractivity contribution in [3.8, 4) is 11.1 Å². The van der Waals surface area contributed by atoms with Gasteiger partial charge in [0.25, 0.3) is 0 Å². The maximum Gasteiger partial charge on any atom is 0.220 e. The molecule has 0 unspecified atom stereocenters. The van der Waals surface area contributed by atoms with Crippen LogP contribution in [0.1, 0.15) is 68.4 Å². The van der Waals surface area contributed by atoms with E-state index in [4.69, 9.17) is 5.73 Å². The number of pyridine rings is 1. The molecule has 1 atom stereocenters. The number of aromatic nitrogens is 5. The quantitative estimate of drug-likeness (QED) is 0.665. The maximum atomic E-state index is 10.4. The van der Waals surface area contributed by atoms with Gasteiger partial charge in [-0.1, -0.05) is 19.4 Å². The zero-order valence-corrected chi connectivity index (χ0v) is 17.0. The second kappa shape index (κ2) is 7.75. The van der Waals surface area contributed by atoms with Crippen molar-refractivity contribution in [1.82, 2.24) is 24.7 Å². The van der Waals surface area contributed by atoms with Gasteiger partial charge >= 0.3 is 0 Å². The maximum absolute atomic E-state index is 10.4. The van der Waals surface area contributed by atoms with Crippen molar-refractivity contribution >= 4 is 11.5 Å². The van der Waals surface area contributed by atoms with Crippen molar-refractivity contribution in [3.05, 3.63) is 59.4 Å². The van der Waals surface area contributed by atoms with Crippen LogP contribution in [0, 0.1) is 0 Å². The van der Waals surface area contributed by atoms with Crippen LogP contribution < -0.4 is 5.73 Å². The normalized spacial score (nSPS) is 14.2. The van der Waals surface area contributed by atoms with Gasteiger partial charge in [-0.25, -0.2) is 9.97 Å². The first-order valence-electron chi connectivity index (χ1n) is 10.0. The number of hydrogen-bond donors (Lipinski definition) is 2. The molecule has 1 aliphatic carbocycles. The van der Waals surface area contributed by atoms with E-state index in [-0.39, 0.29) is 5.95 Å². The third-order valence-corrected chi connectivity index (χ3v) is 5.17. The van der Waals surface area contributed by atoms with Crippen molar-refractivity contribution in [2.24, 2.45) is 0 Å². The Labute approximate surface area is 170 Å². The van der Waals surface area contributed by atoms with E-state index in [1.54, 1.807) is 0 Å². The molecule has 1 aliphatic rings. The number of hydrogen-bond acceptors (Lipinski definition) is 6. The number of fused-ring (bicyclic) bond motifs is 1. The third-order valence-electron chi connectivity index (χ3n) is 5.17. The molecule has 3 aromatic heterocycles. The molecule has 0 fully saturated rings. The molecule has 0 saturated heterocycles. The highest BCUT2D eigenvalue weighted by Crippen LogP contribution is 2.34. The van der Waals surface area contributed by atoms with Crippen LogP contribution in [-0.4, -0.2) is 29.8 Å². The van der Waals surface area contributed by atoms with E-state index in [9.17, 15) is 5.11 Å². The number of aliphatic hydroxyl groups is 1. The average Bonchev–Trinajstić information content (AvgIpc) is 3.34. The molecule has 0 amide bonds. The predicted molar refractivity (Wildman–Crippen MR) is 113 cm³/mol. The van der Waals surface area contributed by atoms with Crippen molar-refractivity contribution in [3.63, 3.8) is 0 Å². The summed E-state index contributed by atoms with van der Waals surface area (Å²) in [5.74, 6) is 0.171. The Morgan fingerprint density at radius 1 is 1.17 bits per heavy atom. The van der Waals surface area contributed by atoms with Crippen LogP contribution in [0.15, 0.2) is 36.8 Å². The second-order valence-corrected chi connectivity index (χ2v) is 7.68. The fraction of sp³-hybridized carbons (Fsp3) is 0.364. The Kier molecular flexibility index (Phi) is 5.15. The molecule has 7 heteroatoms. The lowest BCUT2D eigenvalue weighted by molar-refractivity contribution is 0.161. The Morgan fingerprint density at radius 3 is 2.72 bits per heavy atom. The third kappa shape index (κ3) is 3.78. The van der Waals surface area contributed by atoms with Crippen molar-refractivity contribution < 1.29 is 5.11 Å². The highest BCUT2D eigenvalue weighted by Gasteiger charge is 2.21. The summed E-state index contributed by atoms with van der Waals surface area (Å²) in [7, 11) is 0. The number of anilines is 1. The van der Waals surface area contributed by atoms with Crippen LogP contribution in [0.25, 0.3) is 16.7 Å². The second-order valence-electron chi connectivity index (χ2n) is 7.68. The van der Waals surface area contributed by atoms with Gasteiger partial charge in [0.15, 0.2) is 0 Å². The largest absolute Gasteiger partial charge is 0.387 e. The van der Waals surface area contributed by atoms with E-state index in [0.717, 1.165) is 46.5 Å². The first-order chi connectivity index (χ1) is 14.0. The van der Waals surface area contributed by atoms with Gasteiger partial charge in [-0.2, -0.15) is 5.10 Å². The van der Waals surface area contributed by atoms with Crippen LogP contribution >= 0.6 is 0 Å². The molecule has 150 valence electrons. The number of rotatable bonds is 6. The Balaban J connectivity index is 1.71. The SMILES string of the molecule is CCC[C@H](O)c1cc(C2=CCc3ncc(-c4cnn(C(C)C)c4)cc32)nc(N)n1. The minimum Gasteiger partial charge on any atom is -0.387 e. The van der Waals surface area contributed by atoms with E-state index in [2.05, 4.69) is 46.0 Å². The summed E-state index contributed by atoms with van der Waals surface area (Å²) < 4.78 is 1.94. The van der Waals surface area contributed by atoms with Gasteiger partial charge in [0, 0.05) is 47.1 Å². The van der Waals surface area contributed by atoms with Crippen molar-refractivity contribution in [1.29, 1.82) is 0 Å². The molecule has 0 aliphatic heterocycles. The number of aliphatic hydroxyl groups excluding tert-OH is 1. The van der Waals surface area contributed by atoms with Gasteiger partial charge < -0.3 is 10.8 Å². The molecule has 7 nitrogen and oxygen atoms in total. The van der Waals surface area contributed by atoms with E-state index < -0.39 is 6.10 Å². The summed E-state index contributed by atoms with van der Waals surface area (Å²) >= 11 is 0. The Bertz CT molecular complexity index is 1070. The molecule has 4 rings (SSSR count). The van der Waals surface area contributed by atoms with Crippen LogP contribution in [-0.2, 0) is 6.42 Å². The number of nitrogens with zero attached hydrogens (tertiary/aromatic N) is 5. The molecular formula is C22H26N6O. The molecular weight excluding hydrogens is 364 g/mol. The van der Waals surface area contributed by atoms with E-state index in [1.807, 2.05) is 36.3 Å². The zero-order chi connectivity index (χ0) is 20.5. The number of allylic oxidation sites excluding steroid dienone is 1. The van der Waals surface area contributed by atoms with Gasteiger partial charge in [-0.05, 0) is 32.4 Å². The minimum atomic E-state index is -0.642. The molecule has 0 saturated carbocycles. The van der Waals surface area contributed by atoms with Gasteiger partial charge in [0.05, 0.1) is 29.4 Å².